The summed E-state index contributed by atoms with van der Waals surface area (Å²) < 4.78 is 10.9. The standard InChI is InChI=1S/C28H25ClN2O4S/c1-3-31-26(32)25(36-28(31)30-23-7-5-6-21(17-23)27(33)34-4-2)16-19-10-14-24(15-11-19)35-18-20-8-12-22(29)13-9-20/h5-17H,3-4,18H2,1-2H3. The quantitative estimate of drug-likeness (QED) is 0.243. The Kier molecular flexibility index (Phi) is 8.46. The van der Waals surface area contributed by atoms with Gasteiger partial charge in [-0.3, -0.25) is 9.69 Å². The van der Waals surface area contributed by atoms with Gasteiger partial charge >= 0.3 is 5.97 Å². The average molecular weight is 521 g/mol. The molecule has 0 bridgehead atoms. The molecular formula is C28H25ClN2O4S. The molecule has 0 aromatic heterocycles. The molecule has 1 heterocycles. The number of hydrogen-bond donors (Lipinski definition) is 0. The molecule has 0 spiro atoms. The van der Waals surface area contributed by atoms with Crippen molar-refractivity contribution in [3.8, 4) is 5.75 Å². The van der Waals surface area contributed by atoms with Crippen molar-refractivity contribution in [3.63, 3.8) is 0 Å². The van der Waals surface area contributed by atoms with Crippen molar-refractivity contribution in [2.24, 2.45) is 4.99 Å². The highest BCUT2D eigenvalue weighted by Crippen LogP contribution is 2.34. The molecule has 0 atom stereocenters. The number of amides is 1. The Balaban J connectivity index is 1.47. The number of aliphatic imine (C=N–C) groups is 1. The van der Waals surface area contributed by atoms with Crippen molar-refractivity contribution in [1.29, 1.82) is 0 Å². The van der Waals surface area contributed by atoms with Crippen LogP contribution in [0.5, 0.6) is 5.75 Å². The minimum atomic E-state index is -0.400. The molecule has 6 nitrogen and oxygen atoms in total. The van der Waals surface area contributed by atoms with E-state index in [-0.39, 0.29) is 5.91 Å². The SMILES string of the molecule is CCOC(=O)c1cccc(N=C2SC(=Cc3ccc(OCc4ccc(Cl)cc4)cc3)C(=O)N2CC)c1. The van der Waals surface area contributed by atoms with Crippen LogP contribution in [0, 0.1) is 0 Å². The van der Waals surface area contributed by atoms with Crippen LogP contribution >= 0.6 is 23.4 Å². The number of carbonyl (C=O) groups is 2. The molecule has 184 valence electrons. The fraction of sp³-hybridized carbons (Fsp3) is 0.179. The van der Waals surface area contributed by atoms with Crippen LogP contribution in [0.4, 0.5) is 5.69 Å². The number of ether oxygens (including phenoxy) is 2. The summed E-state index contributed by atoms with van der Waals surface area (Å²) in [5.41, 5.74) is 2.91. The Morgan fingerprint density at radius 2 is 1.81 bits per heavy atom. The molecule has 0 saturated carbocycles. The van der Waals surface area contributed by atoms with E-state index in [1.54, 1.807) is 36.1 Å². The lowest BCUT2D eigenvalue weighted by Gasteiger charge is -2.12. The van der Waals surface area contributed by atoms with Gasteiger partial charge in [0.15, 0.2) is 5.17 Å². The van der Waals surface area contributed by atoms with Gasteiger partial charge in [-0.25, -0.2) is 9.79 Å². The molecule has 0 radical (unpaired) electrons. The lowest BCUT2D eigenvalue weighted by molar-refractivity contribution is -0.122. The number of halogens is 1. The van der Waals surface area contributed by atoms with E-state index in [0.717, 1.165) is 16.9 Å². The number of likely N-dealkylation sites (N-methyl/N-ethyl adjacent to an activating group) is 1. The van der Waals surface area contributed by atoms with Gasteiger partial charge in [-0.05, 0) is 85.3 Å². The number of benzene rings is 3. The number of nitrogens with zero attached hydrogens (tertiary/aromatic N) is 2. The molecule has 3 aromatic carbocycles. The van der Waals surface area contributed by atoms with E-state index in [0.29, 0.717) is 46.1 Å². The lowest BCUT2D eigenvalue weighted by atomic mass is 10.2. The summed E-state index contributed by atoms with van der Waals surface area (Å²) in [5.74, 6) is 0.227. The normalized spacial score (nSPS) is 15.5. The van der Waals surface area contributed by atoms with E-state index in [4.69, 9.17) is 21.1 Å². The minimum Gasteiger partial charge on any atom is -0.489 e. The smallest absolute Gasteiger partial charge is 0.338 e. The number of thioether (sulfide) groups is 1. The summed E-state index contributed by atoms with van der Waals surface area (Å²) >= 11 is 7.23. The first-order valence-corrected chi connectivity index (χ1v) is 12.7. The van der Waals surface area contributed by atoms with E-state index in [1.165, 1.54) is 11.8 Å². The summed E-state index contributed by atoms with van der Waals surface area (Å²) in [6.45, 7) is 4.89. The molecule has 4 rings (SSSR count). The van der Waals surface area contributed by atoms with Crippen LogP contribution in [-0.2, 0) is 16.1 Å². The number of carbonyl (C=O) groups excluding carboxylic acids is 2. The number of esters is 1. The van der Waals surface area contributed by atoms with Gasteiger partial charge in [-0.2, -0.15) is 0 Å². The third-order valence-corrected chi connectivity index (χ3v) is 6.54. The zero-order valence-electron chi connectivity index (χ0n) is 19.9. The summed E-state index contributed by atoms with van der Waals surface area (Å²) in [7, 11) is 0. The van der Waals surface area contributed by atoms with E-state index >= 15 is 0 Å². The van der Waals surface area contributed by atoms with Crippen molar-refractivity contribution in [1.82, 2.24) is 4.90 Å². The molecule has 1 aliphatic heterocycles. The van der Waals surface area contributed by atoms with Crippen molar-refractivity contribution >= 4 is 52.2 Å². The summed E-state index contributed by atoms with van der Waals surface area (Å²) in [6, 6.07) is 22.0. The van der Waals surface area contributed by atoms with Gasteiger partial charge in [0.1, 0.15) is 12.4 Å². The molecule has 1 amide bonds. The lowest BCUT2D eigenvalue weighted by Crippen LogP contribution is -2.28. The van der Waals surface area contributed by atoms with Gasteiger partial charge in [0.25, 0.3) is 5.91 Å². The maximum absolute atomic E-state index is 13.0. The van der Waals surface area contributed by atoms with Gasteiger partial charge < -0.3 is 9.47 Å². The zero-order chi connectivity index (χ0) is 25.5. The second-order valence-corrected chi connectivity index (χ2v) is 9.25. The van der Waals surface area contributed by atoms with Gasteiger partial charge in [0.05, 0.1) is 22.8 Å². The van der Waals surface area contributed by atoms with Crippen molar-refractivity contribution in [2.75, 3.05) is 13.2 Å². The highest BCUT2D eigenvalue weighted by atomic mass is 35.5. The first-order chi connectivity index (χ1) is 17.5. The third-order valence-electron chi connectivity index (χ3n) is 5.28. The number of hydrogen-bond acceptors (Lipinski definition) is 6. The maximum Gasteiger partial charge on any atom is 0.338 e. The van der Waals surface area contributed by atoms with Crippen LogP contribution in [0.1, 0.15) is 35.3 Å². The van der Waals surface area contributed by atoms with Crippen LogP contribution in [0.3, 0.4) is 0 Å². The molecular weight excluding hydrogens is 496 g/mol. The largest absolute Gasteiger partial charge is 0.489 e. The zero-order valence-corrected chi connectivity index (χ0v) is 21.5. The second kappa shape index (κ2) is 11.9. The Bertz CT molecular complexity index is 1300. The van der Waals surface area contributed by atoms with Gasteiger partial charge in [-0.1, -0.05) is 41.9 Å². The summed E-state index contributed by atoms with van der Waals surface area (Å²) in [6.07, 6.45) is 1.84. The average Bonchev–Trinajstić information content (AvgIpc) is 3.18. The molecule has 0 N–H and O–H groups in total. The Hall–Kier alpha value is -3.55. The van der Waals surface area contributed by atoms with E-state index < -0.39 is 5.97 Å². The Morgan fingerprint density at radius 1 is 1.06 bits per heavy atom. The Labute approximate surface area is 219 Å². The maximum atomic E-state index is 13.0. The fourth-order valence-corrected chi connectivity index (χ4v) is 4.64. The molecule has 36 heavy (non-hydrogen) atoms. The number of rotatable bonds is 8. The van der Waals surface area contributed by atoms with E-state index in [1.807, 2.05) is 61.5 Å². The van der Waals surface area contributed by atoms with Crippen LogP contribution < -0.4 is 4.74 Å². The van der Waals surface area contributed by atoms with Crippen molar-refractivity contribution in [2.45, 2.75) is 20.5 Å². The molecule has 3 aromatic rings. The molecule has 8 heteroatoms. The van der Waals surface area contributed by atoms with Crippen LogP contribution in [-0.4, -0.2) is 35.1 Å². The van der Waals surface area contributed by atoms with Crippen molar-refractivity contribution < 1.29 is 19.1 Å². The summed E-state index contributed by atoms with van der Waals surface area (Å²) in [4.78, 5) is 31.9. The molecule has 1 saturated heterocycles. The first kappa shape index (κ1) is 25.5. The van der Waals surface area contributed by atoms with Gasteiger partial charge in [0.2, 0.25) is 0 Å². The van der Waals surface area contributed by atoms with Gasteiger partial charge in [-0.15, -0.1) is 0 Å². The van der Waals surface area contributed by atoms with Crippen LogP contribution in [0.2, 0.25) is 5.02 Å². The van der Waals surface area contributed by atoms with Crippen LogP contribution in [0.25, 0.3) is 6.08 Å². The first-order valence-electron chi connectivity index (χ1n) is 11.5. The minimum absolute atomic E-state index is 0.106. The molecule has 1 aliphatic rings. The molecule has 0 aliphatic carbocycles. The number of amidine groups is 1. The predicted octanol–water partition coefficient (Wildman–Crippen LogP) is 6.72. The molecule has 0 unspecified atom stereocenters. The van der Waals surface area contributed by atoms with Crippen LogP contribution in [0.15, 0.2) is 82.7 Å². The highest BCUT2D eigenvalue weighted by Gasteiger charge is 2.32. The van der Waals surface area contributed by atoms with Crippen molar-refractivity contribution in [3.05, 3.63) is 99.4 Å². The van der Waals surface area contributed by atoms with E-state index in [2.05, 4.69) is 4.99 Å². The summed E-state index contributed by atoms with van der Waals surface area (Å²) in [5, 5.41) is 1.26. The monoisotopic (exact) mass is 520 g/mol. The topological polar surface area (TPSA) is 68.2 Å². The predicted molar refractivity (Wildman–Crippen MR) is 145 cm³/mol. The third kappa shape index (κ3) is 6.36. The fourth-order valence-electron chi connectivity index (χ4n) is 3.46. The highest BCUT2D eigenvalue weighted by molar-refractivity contribution is 8.18. The van der Waals surface area contributed by atoms with Gasteiger partial charge in [0, 0.05) is 11.6 Å². The molecule has 1 fully saturated rings. The second-order valence-electron chi connectivity index (χ2n) is 7.81. The van der Waals surface area contributed by atoms with E-state index in [9.17, 15) is 9.59 Å². The Morgan fingerprint density at radius 3 is 2.50 bits per heavy atom.